The maximum Gasteiger partial charge on any atom is 0.416 e. The minimum Gasteiger partial charge on any atom is -0.744 e. The maximum atomic E-state index is 12.0. The van der Waals surface area contributed by atoms with Crippen LogP contribution in [-0.4, -0.2) is 13.0 Å². The third-order valence-corrected chi connectivity index (χ3v) is 4.62. The number of hydrogen-bond donors (Lipinski definition) is 0. The van der Waals surface area contributed by atoms with Gasteiger partial charge in [0.2, 0.25) is 0 Å². The molecule has 2 aliphatic carbocycles. The van der Waals surface area contributed by atoms with Crippen LogP contribution in [0.25, 0.3) is 0 Å². The van der Waals surface area contributed by atoms with E-state index in [2.05, 4.69) is 50.1 Å². The fourth-order valence-electron chi connectivity index (χ4n) is 2.14. The van der Waals surface area contributed by atoms with Crippen LogP contribution in [-0.2, 0) is 35.5 Å². The van der Waals surface area contributed by atoms with Gasteiger partial charge in [-0.1, -0.05) is 24.3 Å². The van der Waals surface area contributed by atoms with Crippen LogP contribution in [0.5, 0.6) is 0 Å². The maximum absolute atomic E-state index is 12.0. The molecule has 0 N–H and O–H groups in total. The fraction of sp³-hybridized carbons (Fsp3) is 0.294. The normalized spacial score (nSPS) is 20.4. The molecule has 0 radical (unpaired) electrons. The Bertz CT molecular complexity index is 695. The zero-order chi connectivity index (χ0) is 19.1. The van der Waals surface area contributed by atoms with E-state index in [4.69, 9.17) is 0 Å². The Hall–Kier alpha value is -1.20. The first-order chi connectivity index (χ1) is 11.6. The van der Waals surface area contributed by atoms with Crippen molar-refractivity contribution in [3.8, 4) is 0 Å². The third-order valence-electron chi connectivity index (χ3n) is 3.32. The van der Waals surface area contributed by atoms with Crippen molar-refractivity contribution in [2.45, 2.75) is 22.4 Å². The standard InChI is InChI=1S/C7H5F3O3S.C7H8.C3H5.Pd/c8-7(9,10)5-1-3-6(4-2-5)14(11,12)13;1-2-7-4-3-6(1)5-7;1-3-2;/h1-4H,(H,11,12,13);1-4,6-7H,5H2;3H,1-2H2;/q;;;+1/p-1. The molecule has 0 aromatic heterocycles. The van der Waals surface area contributed by atoms with E-state index < -0.39 is 26.8 Å². The monoisotopic (exact) mass is 464 g/mol. The molecule has 0 saturated carbocycles. The van der Waals surface area contributed by atoms with Gasteiger partial charge in [0.1, 0.15) is 10.1 Å². The Morgan fingerprint density at radius 2 is 1.52 bits per heavy atom. The number of halogens is 3. The van der Waals surface area contributed by atoms with Gasteiger partial charge in [0.15, 0.2) is 0 Å². The Labute approximate surface area is 156 Å². The first-order valence-corrected chi connectivity index (χ1v) is 9.71. The zero-order valence-electron chi connectivity index (χ0n) is 13.1. The molecule has 0 unspecified atom stereocenters. The molecule has 2 aliphatic rings. The Morgan fingerprint density at radius 1 is 1.12 bits per heavy atom. The van der Waals surface area contributed by atoms with Gasteiger partial charge in [0.05, 0.1) is 10.5 Å². The summed E-state index contributed by atoms with van der Waals surface area (Å²) in [6, 6.07) is 2.35. The average molecular weight is 465 g/mol. The molecule has 0 aliphatic heterocycles. The van der Waals surface area contributed by atoms with Gasteiger partial charge in [-0.3, -0.25) is 0 Å². The Balaban J connectivity index is 0.000000233. The van der Waals surface area contributed by atoms with Gasteiger partial charge in [-0.25, -0.2) is 8.42 Å². The molecule has 3 nitrogen and oxygen atoms in total. The van der Waals surface area contributed by atoms with Crippen molar-refractivity contribution in [2.24, 2.45) is 11.8 Å². The molecule has 1 aromatic rings. The topological polar surface area (TPSA) is 57.2 Å². The summed E-state index contributed by atoms with van der Waals surface area (Å²) in [7, 11) is -4.68. The summed E-state index contributed by atoms with van der Waals surface area (Å²) in [5.74, 6) is 1.62. The second kappa shape index (κ2) is 9.49. The van der Waals surface area contributed by atoms with Gasteiger partial charge in [-0.05, 0) is 42.5 Å². The van der Waals surface area contributed by atoms with E-state index in [1.165, 1.54) is 6.42 Å². The zero-order valence-corrected chi connectivity index (χ0v) is 15.4. The van der Waals surface area contributed by atoms with Crippen molar-refractivity contribution in [3.63, 3.8) is 0 Å². The van der Waals surface area contributed by atoms with Crippen molar-refractivity contribution in [1.82, 2.24) is 0 Å². The summed E-state index contributed by atoms with van der Waals surface area (Å²) in [5.41, 5.74) is -0.995. The van der Waals surface area contributed by atoms with E-state index >= 15 is 0 Å². The molecule has 8 heteroatoms. The van der Waals surface area contributed by atoms with Gasteiger partial charge in [-0.15, -0.1) is 0 Å². The number of allylic oxidation sites excluding steroid dienone is 5. The second-order valence-electron chi connectivity index (χ2n) is 5.23. The summed E-state index contributed by atoms with van der Waals surface area (Å²) < 4.78 is 67.0. The summed E-state index contributed by atoms with van der Waals surface area (Å²) in [4.78, 5) is 0.258. The predicted molar refractivity (Wildman–Crippen MR) is 84.3 cm³/mol. The second-order valence-corrected chi connectivity index (χ2v) is 7.24. The molecule has 0 heterocycles. The molecular formula is C17H17F3O3PdS. The summed E-state index contributed by atoms with van der Waals surface area (Å²) >= 11 is 2.92. The molecule has 2 bridgehead atoms. The largest absolute Gasteiger partial charge is 0.744 e. The molecule has 0 saturated heterocycles. The van der Waals surface area contributed by atoms with Crippen LogP contribution in [0, 0.1) is 11.8 Å². The fourth-order valence-corrected chi connectivity index (χ4v) is 2.61. The van der Waals surface area contributed by atoms with Gasteiger partial charge in [-0.2, -0.15) is 13.2 Å². The van der Waals surface area contributed by atoms with E-state index in [1.54, 1.807) is 0 Å². The van der Waals surface area contributed by atoms with Gasteiger partial charge >= 0.3 is 42.9 Å². The average Bonchev–Trinajstić information content (AvgIpc) is 3.20. The minimum atomic E-state index is -4.68. The Kier molecular flexibility index (Phi) is 8.29. The molecule has 0 fully saturated rings. The van der Waals surface area contributed by atoms with Crippen LogP contribution in [0.15, 0.2) is 66.1 Å². The molecule has 0 spiro atoms. The first kappa shape index (κ1) is 21.8. The van der Waals surface area contributed by atoms with Crippen LogP contribution in [0.1, 0.15) is 12.0 Å². The summed E-state index contributed by atoms with van der Waals surface area (Å²) in [6.45, 7) is 3.44. The van der Waals surface area contributed by atoms with E-state index in [9.17, 15) is 26.1 Å². The van der Waals surface area contributed by atoms with E-state index in [1.807, 2.05) is 6.08 Å². The molecular weight excluding hydrogens is 448 g/mol. The molecule has 0 amide bonds. The molecule has 140 valence electrons. The first-order valence-electron chi connectivity index (χ1n) is 7.20. The third kappa shape index (κ3) is 7.70. The van der Waals surface area contributed by atoms with Crippen molar-refractivity contribution in [1.29, 1.82) is 0 Å². The van der Waals surface area contributed by atoms with E-state index in [0.29, 0.717) is 24.3 Å². The van der Waals surface area contributed by atoms with Crippen molar-refractivity contribution < 1.29 is 45.3 Å². The van der Waals surface area contributed by atoms with Crippen molar-refractivity contribution >= 4 is 10.1 Å². The number of hydrogen-bond acceptors (Lipinski definition) is 3. The molecule has 0 atom stereocenters. The van der Waals surface area contributed by atoms with Crippen LogP contribution in [0.4, 0.5) is 13.2 Å². The number of rotatable bonds is 2. The van der Waals surface area contributed by atoms with Crippen LogP contribution in [0.3, 0.4) is 0 Å². The Morgan fingerprint density at radius 3 is 1.72 bits per heavy atom. The number of fused-ring (bicyclic) bond motifs is 2. The van der Waals surface area contributed by atoms with E-state index in [-0.39, 0.29) is 0 Å². The predicted octanol–water partition coefficient (Wildman–Crippen LogP) is 4.50. The van der Waals surface area contributed by atoms with E-state index in [0.717, 1.165) is 16.7 Å². The number of alkyl halides is 3. The molecule has 25 heavy (non-hydrogen) atoms. The number of benzene rings is 1. The minimum absolute atomic E-state index is 0.546. The summed E-state index contributed by atoms with van der Waals surface area (Å²) in [6.07, 6.45) is 7.82. The van der Waals surface area contributed by atoms with Gasteiger partial charge in [0.25, 0.3) is 0 Å². The smallest absolute Gasteiger partial charge is 0.416 e. The quantitative estimate of drug-likeness (QED) is 0.368. The van der Waals surface area contributed by atoms with Crippen LogP contribution >= 0.6 is 0 Å². The molecule has 3 rings (SSSR count). The van der Waals surface area contributed by atoms with Crippen molar-refractivity contribution in [3.05, 3.63) is 66.8 Å². The SMILES string of the molecule is C1=CC2C=CC1C2.C=C[CH2][Pd+].O=S(=O)([O-])c1ccc(C(F)(F)F)cc1. The van der Waals surface area contributed by atoms with Crippen molar-refractivity contribution in [2.75, 3.05) is 0 Å². The van der Waals surface area contributed by atoms with Gasteiger partial charge < -0.3 is 4.55 Å². The van der Waals surface area contributed by atoms with Crippen LogP contribution in [0.2, 0.25) is 4.89 Å². The summed E-state index contributed by atoms with van der Waals surface area (Å²) in [5, 5.41) is 0. The van der Waals surface area contributed by atoms with Crippen LogP contribution < -0.4 is 0 Å². The van der Waals surface area contributed by atoms with Gasteiger partial charge in [0, 0.05) is 0 Å². The molecule has 1 aromatic carbocycles.